The molecule has 6 heteroatoms. The van der Waals surface area contributed by atoms with Gasteiger partial charge in [0.15, 0.2) is 5.11 Å². The van der Waals surface area contributed by atoms with Crippen molar-refractivity contribution in [2.45, 2.75) is 12.8 Å². The average Bonchev–Trinajstić information content (AvgIpc) is 2.54. The fourth-order valence-corrected chi connectivity index (χ4v) is 1.97. The molecule has 0 spiro atoms. The Balaban J connectivity index is 1.72. The lowest BCUT2D eigenvalue weighted by Gasteiger charge is -2.12. The lowest BCUT2D eigenvalue weighted by atomic mass is 10.1. The number of rotatable bonds is 4. The quantitative estimate of drug-likeness (QED) is 0.599. The minimum absolute atomic E-state index is 0.123. The van der Waals surface area contributed by atoms with E-state index in [0.29, 0.717) is 12.8 Å². The second-order valence-corrected chi connectivity index (χ2v) is 5.00. The molecule has 0 atom stereocenters. The molecule has 0 aromatic heterocycles. The molecular weight excluding hydrogens is 301 g/mol. The summed E-state index contributed by atoms with van der Waals surface area (Å²) in [4.78, 5) is 11.7. The van der Waals surface area contributed by atoms with Crippen LogP contribution < -0.4 is 16.2 Å². The van der Waals surface area contributed by atoms with Crippen molar-refractivity contribution in [3.63, 3.8) is 0 Å². The Morgan fingerprint density at radius 1 is 1.00 bits per heavy atom. The molecule has 114 valence electrons. The van der Waals surface area contributed by atoms with Crippen LogP contribution in [0.3, 0.4) is 0 Å². The van der Waals surface area contributed by atoms with Crippen molar-refractivity contribution >= 4 is 28.9 Å². The molecule has 4 nitrogen and oxygen atoms in total. The van der Waals surface area contributed by atoms with Crippen LogP contribution in [0, 0.1) is 5.82 Å². The molecule has 2 aromatic rings. The van der Waals surface area contributed by atoms with Gasteiger partial charge in [-0.15, -0.1) is 0 Å². The minimum atomic E-state index is -0.415. The highest BCUT2D eigenvalue weighted by molar-refractivity contribution is 7.80. The van der Waals surface area contributed by atoms with Crippen LogP contribution in [0.2, 0.25) is 0 Å². The number of amides is 1. The highest BCUT2D eigenvalue weighted by atomic mass is 32.1. The maximum Gasteiger partial charge on any atom is 0.238 e. The van der Waals surface area contributed by atoms with Gasteiger partial charge < -0.3 is 5.32 Å². The predicted octanol–water partition coefficient (Wildman–Crippen LogP) is 2.78. The molecule has 0 aliphatic rings. The molecule has 22 heavy (non-hydrogen) atoms. The Kier molecular flexibility index (Phi) is 5.85. The van der Waals surface area contributed by atoms with Crippen molar-refractivity contribution in [3.05, 3.63) is 66.0 Å². The molecule has 0 aliphatic heterocycles. The third-order valence-electron chi connectivity index (χ3n) is 2.92. The molecule has 0 bridgehead atoms. The Bertz CT molecular complexity index is 649. The maximum absolute atomic E-state index is 13.4. The highest BCUT2D eigenvalue weighted by Gasteiger charge is 2.05. The standard InChI is InChI=1S/C16H16FN3OS/c17-13-8-4-5-9-14(13)18-16(22)20-19-15(21)11-10-12-6-2-1-3-7-12/h1-9H,10-11H2,(H,19,21)(H2,18,20,22). The second kappa shape index (κ2) is 8.09. The molecule has 2 rings (SSSR count). The lowest BCUT2D eigenvalue weighted by molar-refractivity contribution is -0.121. The summed E-state index contributed by atoms with van der Waals surface area (Å²) in [6.45, 7) is 0. The van der Waals surface area contributed by atoms with E-state index in [1.807, 2.05) is 30.3 Å². The van der Waals surface area contributed by atoms with E-state index in [9.17, 15) is 9.18 Å². The predicted molar refractivity (Wildman–Crippen MR) is 88.7 cm³/mol. The first kappa shape index (κ1) is 15.9. The summed E-state index contributed by atoms with van der Waals surface area (Å²) >= 11 is 4.99. The van der Waals surface area contributed by atoms with Gasteiger partial charge in [-0.3, -0.25) is 15.6 Å². The molecule has 0 saturated heterocycles. The molecule has 3 N–H and O–H groups in total. The van der Waals surface area contributed by atoms with Crippen LogP contribution in [0.1, 0.15) is 12.0 Å². The van der Waals surface area contributed by atoms with E-state index in [0.717, 1.165) is 5.56 Å². The van der Waals surface area contributed by atoms with Crippen LogP contribution in [-0.2, 0) is 11.2 Å². The zero-order valence-electron chi connectivity index (χ0n) is 11.8. The number of hydrogen-bond donors (Lipinski definition) is 3. The first-order chi connectivity index (χ1) is 10.6. The molecule has 0 aliphatic carbocycles. The molecule has 2 aromatic carbocycles. The summed E-state index contributed by atoms with van der Waals surface area (Å²) in [7, 11) is 0. The number of aryl methyl sites for hydroxylation is 1. The number of benzene rings is 2. The van der Waals surface area contributed by atoms with Crippen LogP contribution >= 0.6 is 12.2 Å². The molecule has 1 amide bonds. The van der Waals surface area contributed by atoms with Crippen LogP contribution in [0.4, 0.5) is 10.1 Å². The zero-order valence-corrected chi connectivity index (χ0v) is 12.6. The van der Waals surface area contributed by atoms with Crippen molar-refractivity contribution in [1.82, 2.24) is 10.9 Å². The van der Waals surface area contributed by atoms with Gasteiger partial charge in [0.2, 0.25) is 5.91 Å². The third kappa shape index (κ3) is 5.14. The normalized spacial score (nSPS) is 9.86. The topological polar surface area (TPSA) is 53.2 Å². The monoisotopic (exact) mass is 317 g/mol. The second-order valence-electron chi connectivity index (χ2n) is 4.59. The van der Waals surface area contributed by atoms with E-state index >= 15 is 0 Å². The fraction of sp³-hybridized carbons (Fsp3) is 0.125. The first-order valence-electron chi connectivity index (χ1n) is 6.79. The zero-order chi connectivity index (χ0) is 15.8. The van der Waals surface area contributed by atoms with E-state index < -0.39 is 5.82 Å². The van der Waals surface area contributed by atoms with E-state index in [4.69, 9.17) is 12.2 Å². The Morgan fingerprint density at radius 3 is 2.41 bits per heavy atom. The lowest BCUT2D eigenvalue weighted by Crippen LogP contribution is -2.43. The molecule has 0 fully saturated rings. The van der Waals surface area contributed by atoms with Gasteiger partial charge in [0, 0.05) is 6.42 Å². The number of anilines is 1. The number of carbonyl (C=O) groups is 1. The van der Waals surface area contributed by atoms with E-state index in [1.54, 1.807) is 18.2 Å². The van der Waals surface area contributed by atoms with Gasteiger partial charge in [0.25, 0.3) is 0 Å². The van der Waals surface area contributed by atoms with Gasteiger partial charge in [-0.05, 0) is 36.3 Å². The Hall–Kier alpha value is -2.47. The van der Waals surface area contributed by atoms with Gasteiger partial charge >= 0.3 is 0 Å². The maximum atomic E-state index is 13.4. The largest absolute Gasteiger partial charge is 0.329 e. The SMILES string of the molecule is O=C(CCc1ccccc1)NNC(=S)Nc1ccccc1F. The summed E-state index contributed by atoms with van der Waals surface area (Å²) in [5.74, 6) is -0.608. The van der Waals surface area contributed by atoms with Gasteiger partial charge in [0.1, 0.15) is 5.82 Å². The molecule has 0 heterocycles. The van der Waals surface area contributed by atoms with Gasteiger partial charge in [-0.2, -0.15) is 0 Å². The summed E-state index contributed by atoms with van der Waals surface area (Å²) in [6.07, 6.45) is 0.973. The van der Waals surface area contributed by atoms with Crippen molar-refractivity contribution in [1.29, 1.82) is 0 Å². The summed E-state index contributed by atoms with van der Waals surface area (Å²) in [5, 5.41) is 2.79. The molecule has 0 radical (unpaired) electrons. The van der Waals surface area contributed by atoms with Crippen molar-refractivity contribution in [3.8, 4) is 0 Å². The summed E-state index contributed by atoms with van der Waals surface area (Å²) < 4.78 is 13.4. The number of hydrazine groups is 1. The van der Waals surface area contributed by atoms with Gasteiger partial charge in [0.05, 0.1) is 5.69 Å². The number of thiocarbonyl (C=S) groups is 1. The Morgan fingerprint density at radius 2 is 1.68 bits per heavy atom. The van der Waals surface area contributed by atoms with E-state index in [2.05, 4.69) is 16.2 Å². The van der Waals surface area contributed by atoms with Crippen LogP contribution in [0.15, 0.2) is 54.6 Å². The number of hydrogen-bond acceptors (Lipinski definition) is 2. The molecule has 0 saturated carbocycles. The highest BCUT2D eigenvalue weighted by Crippen LogP contribution is 2.11. The van der Waals surface area contributed by atoms with Crippen LogP contribution in [-0.4, -0.2) is 11.0 Å². The van der Waals surface area contributed by atoms with E-state index in [-0.39, 0.29) is 16.7 Å². The van der Waals surface area contributed by atoms with E-state index in [1.165, 1.54) is 6.07 Å². The first-order valence-corrected chi connectivity index (χ1v) is 7.20. The van der Waals surface area contributed by atoms with Crippen LogP contribution in [0.25, 0.3) is 0 Å². The smallest absolute Gasteiger partial charge is 0.238 e. The molecule has 0 unspecified atom stereocenters. The summed E-state index contributed by atoms with van der Waals surface area (Å²) in [6, 6.07) is 15.9. The van der Waals surface area contributed by atoms with Crippen molar-refractivity contribution in [2.24, 2.45) is 0 Å². The fourth-order valence-electron chi connectivity index (χ4n) is 1.81. The van der Waals surface area contributed by atoms with Gasteiger partial charge in [-0.1, -0.05) is 42.5 Å². The average molecular weight is 317 g/mol. The number of carbonyl (C=O) groups excluding carboxylic acids is 1. The van der Waals surface area contributed by atoms with Crippen molar-refractivity contribution < 1.29 is 9.18 Å². The number of para-hydroxylation sites is 1. The summed E-state index contributed by atoms with van der Waals surface area (Å²) in [5.41, 5.74) is 6.36. The molecular formula is C16H16FN3OS. The van der Waals surface area contributed by atoms with Crippen molar-refractivity contribution in [2.75, 3.05) is 5.32 Å². The third-order valence-corrected chi connectivity index (χ3v) is 3.13. The number of halogens is 1. The van der Waals surface area contributed by atoms with Crippen LogP contribution in [0.5, 0.6) is 0 Å². The minimum Gasteiger partial charge on any atom is -0.329 e. The Labute approximate surface area is 133 Å². The van der Waals surface area contributed by atoms with Gasteiger partial charge in [-0.25, -0.2) is 4.39 Å². The number of nitrogens with one attached hydrogen (secondary N) is 3.